The highest BCUT2D eigenvalue weighted by molar-refractivity contribution is 6.52. The van der Waals surface area contributed by atoms with E-state index in [9.17, 15) is 9.59 Å². The van der Waals surface area contributed by atoms with E-state index in [-0.39, 0.29) is 18.1 Å². The number of hydrogen-bond acceptors (Lipinski definition) is 2. The monoisotopic (exact) mass is 359 g/mol. The van der Waals surface area contributed by atoms with Crippen molar-refractivity contribution in [2.45, 2.75) is 24.1 Å². The van der Waals surface area contributed by atoms with E-state index in [0.717, 1.165) is 24.0 Å². The number of halogens is 2. The van der Waals surface area contributed by atoms with Crippen molar-refractivity contribution >= 4 is 40.6 Å². The molecule has 0 aromatic heterocycles. The van der Waals surface area contributed by atoms with Crippen LogP contribution in [0.1, 0.15) is 27.9 Å². The first-order valence-corrected chi connectivity index (χ1v) is 8.68. The van der Waals surface area contributed by atoms with Gasteiger partial charge in [0.1, 0.15) is 0 Å². The second-order valence-corrected chi connectivity index (χ2v) is 7.40. The summed E-state index contributed by atoms with van der Waals surface area (Å²) in [6.07, 6.45) is 1.82. The Balaban J connectivity index is 1.86. The number of aryl methyl sites for hydroxylation is 1. The summed E-state index contributed by atoms with van der Waals surface area (Å²) in [5.41, 5.74) is 2.97. The molecule has 0 bridgehead atoms. The van der Waals surface area contributed by atoms with Crippen molar-refractivity contribution in [3.63, 3.8) is 0 Å². The quantitative estimate of drug-likeness (QED) is 0.599. The molecule has 0 radical (unpaired) electrons. The fourth-order valence-corrected chi connectivity index (χ4v) is 4.24. The van der Waals surface area contributed by atoms with Gasteiger partial charge in [0, 0.05) is 23.6 Å². The molecule has 0 saturated heterocycles. The van der Waals surface area contributed by atoms with Gasteiger partial charge < -0.3 is 4.90 Å². The summed E-state index contributed by atoms with van der Waals surface area (Å²) in [5, 5.41) is 0.507. The maximum Gasteiger partial charge on any atom is 0.256 e. The number of Topliss-reactive ketones (excluding diaryl/α,β-unsaturated/α-hetero) is 1. The lowest BCUT2D eigenvalue weighted by Crippen LogP contribution is -2.57. The van der Waals surface area contributed by atoms with Crippen molar-refractivity contribution in [3.05, 3.63) is 64.2 Å². The molecule has 4 rings (SSSR count). The van der Waals surface area contributed by atoms with Crippen molar-refractivity contribution in [2.24, 2.45) is 0 Å². The summed E-state index contributed by atoms with van der Waals surface area (Å²) in [6, 6.07) is 12.9. The zero-order valence-corrected chi connectivity index (χ0v) is 14.4. The van der Waals surface area contributed by atoms with Crippen molar-refractivity contribution in [3.8, 4) is 0 Å². The zero-order chi connectivity index (χ0) is 16.9. The number of benzene rings is 2. The van der Waals surface area contributed by atoms with E-state index >= 15 is 0 Å². The molecule has 0 N–H and O–H groups in total. The predicted octanol–water partition coefficient (Wildman–Crippen LogP) is 4.04. The minimum Gasteiger partial charge on any atom is -0.309 e. The Morgan fingerprint density at radius 2 is 1.88 bits per heavy atom. The van der Waals surface area contributed by atoms with Gasteiger partial charge in [0.15, 0.2) is 10.7 Å². The minimum absolute atomic E-state index is 0.171. The fraction of sp³-hybridized carbons (Fsp3) is 0.263. The smallest absolute Gasteiger partial charge is 0.256 e. The summed E-state index contributed by atoms with van der Waals surface area (Å²) >= 11 is 12.8. The Labute approximate surface area is 150 Å². The molecule has 24 heavy (non-hydrogen) atoms. The van der Waals surface area contributed by atoms with Crippen LogP contribution in [-0.2, 0) is 17.6 Å². The van der Waals surface area contributed by atoms with Gasteiger partial charge >= 0.3 is 0 Å². The zero-order valence-electron chi connectivity index (χ0n) is 12.9. The maximum absolute atomic E-state index is 13.1. The second kappa shape index (κ2) is 5.61. The average Bonchev–Trinajstić information content (AvgIpc) is 2.58. The van der Waals surface area contributed by atoms with Crippen LogP contribution in [0.4, 0.5) is 5.69 Å². The number of nitrogens with zero attached hydrogens (tertiary/aromatic N) is 1. The molecule has 0 fully saturated rings. The topological polar surface area (TPSA) is 37.4 Å². The Morgan fingerprint density at radius 3 is 2.62 bits per heavy atom. The number of rotatable bonds is 2. The SMILES string of the molecule is O=C1c2cc(Cl)cc3c2N(CCC3)C(=O)C1(Cl)Cc1ccccc1. The van der Waals surface area contributed by atoms with E-state index in [1.165, 1.54) is 0 Å². The Morgan fingerprint density at radius 1 is 1.12 bits per heavy atom. The van der Waals surface area contributed by atoms with Crippen molar-refractivity contribution in [1.82, 2.24) is 0 Å². The van der Waals surface area contributed by atoms with Crippen LogP contribution in [0.3, 0.4) is 0 Å². The highest BCUT2D eigenvalue weighted by Crippen LogP contribution is 2.43. The number of anilines is 1. The normalized spacial score (nSPS) is 22.5. The molecule has 2 aromatic rings. The lowest BCUT2D eigenvalue weighted by Gasteiger charge is -2.41. The van der Waals surface area contributed by atoms with Crippen LogP contribution >= 0.6 is 23.2 Å². The standard InChI is InChI=1S/C19H15Cl2NO2/c20-14-9-13-7-4-8-22-16(13)15(10-14)17(23)19(21,18(22)24)11-12-5-2-1-3-6-12/h1-3,5-6,9-10H,4,7-8,11H2. The third kappa shape index (κ3) is 2.27. The summed E-state index contributed by atoms with van der Waals surface area (Å²) in [7, 11) is 0. The van der Waals surface area contributed by atoms with Crippen molar-refractivity contribution < 1.29 is 9.59 Å². The number of amides is 1. The Hall–Kier alpha value is -1.84. The van der Waals surface area contributed by atoms with Crippen LogP contribution < -0.4 is 4.90 Å². The van der Waals surface area contributed by atoms with E-state index in [0.29, 0.717) is 22.8 Å². The maximum atomic E-state index is 13.1. The molecule has 1 atom stereocenters. The first kappa shape index (κ1) is 15.7. The Kier molecular flexibility index (Phi) is 3.66. The van der Waals surface area contributed by atoms with E-state index in [1.807, 2.05) is 36.4 Å². The van der Waals surface area contributed by atoms with Crippen molar-refractivity contribution in [2.75, 3.05) is 11.4 Å². The number of carbonyl (C=O) groups is 2. The second-order valence-electron chi connectivity index (χ2n) is 6.31. The number of alkyl halides is 1. The molecule has 2 heterocycles. The van der Waals surface area contributed by atoms with Gasteiger partial charge in [-0.15, -0.1) is 0 Å². The molecule has 0 spiro atoms. The number of ketones is 1. The van der Waals surface area contributed by atoms with Crippen molar-refractivity contribution in [1.29, 1.82) is 0 Å². The van der Waals surface area contributed by atoms with E-state index in [4.69, 9.17) is 23.2 Å². The van der Waals surface area contributed by atoms with Gasteiger partial charge in [0.25, 0.3) is 5.91 Å². The van der Waals surface area contributed by atoms with Gasteiger partial charge in [-0.1, -0.05) is 53.5 Å². The fourth-order valence-electron chi connectivity index (χ4n) is 3.64. The van der Waals surface area contributed by atoms with Crippen LogP contribution in [-0.4, -0.2) is 23.1 Å². The van der Waals surface area contributed by atoms with E-state index in [1.54, 1.807) is 11.0 Å². The van der Waals surface area contributed by atoms with Crippen LogP contribution in [0.5, 0.6) is 0 Å². The molecule has 122 valence electrons. The predicted molar refractivity (Wildman–Crippen MR) is 95.2 cm³/mol. The van der Waals surface area contributed by atoms with Crippen LogP contribution in [0.2, 0.25) is 5.02 Å². The molecular weight excluding hydrogens is 345 g/mol. The van der Waals surface area contributed by atoms with Crippen LogP contribution in [0.15, 0.2) is 42.5 Å². The molecule has 0 saturated carbocycles. The first-order chi connectivity index (χ1) is 11.5. The lowest BCUT2D eigenvalue weighted by molar-refractivity contribution is -0.120. The molecule has 0 aliphatic carbocycles. The van der Waals surface area contributed by atoms with Gasteiger partial charge in [-0.3, -0.25) is 9.59 Å². The molecule has 1 amide bonds. The Bertz CT molecular complexity index is 850. The molecule has 3 nitrogen and oxygen atoms in total. The number of carbonyl (C=O) groups excluding carboxylic acids is 2. The lowest BCUT2D eigenvalue weighted by atomic mass is 9.82. The first-order valence-electron chi connectivity index (χ1n) is 7.93. The van der Waals surface area contributed by atoms with Gasteiger partial charge in [-0.05, 0) is 36.1 Å². The summed E-state index contributed by atoms with van der Waals surface area (Å²) < 4.78 is 0. The third-order valence-electron chi connectivity index (χ3n) is 4.73. The summed E-state index contributed by atoms with van der Waals surface area (Å²) in [4.78, 5) is 26.2. The summed E-state index contributed by atoms with van der Waals surface area (Å²) in [5.74, 6) is -0.677. The van der Waals surface area contributed by atoms with Crippen LogP contribution in [0, 0.1) is 0 Å². The van der Waals surface area contributed by atoms with Gasteiger partial charge in [0.2, 0.25) is 0 Å². The molecule has 2 aliphatic heterocycles. The van der Waals surface area contributed by atoms with Gasteiger partial charge in [-0.2, -0.15) is 0 Å². The summed E-state index contributed by atoms with van der Waals surface area (Å²) in [6.45, 7) is 0.580. The molecular formula is C19H15Cl2NO2. The van der Waals surface area contributed by atoms with E-state index < -0.39 is 4.87 Å². The highest BCUT2D eigenvalue weighted by Gasteiger charge is 2.52. The molecule has 1 unspecified atom stereocenters. The highest BCUT2D eigenvalue weighted by atomic mass is 35.5. The number of hydrogen-bond donors (Lipinski definition) is 0. The van der Waals surface area contributed by atoms with Gasteiger partial charge in [-0.25, -0.2) is 0 Å². The average molecular weight is 360 g/mol. The van der Waals surface area contributed by atoms with Gasteiger partial charge in [0.05, 0.1) is 5.69 Å². The third-order valence-corrected chi connectivity index (χ3v) is 5.42. The van der Waals surface area contributed by atoms with E-state index in [2.05, 4.69) is 0 Å². The molecule has 2 aromatic carbocycles. The van der Waals surface area contributed by atoms with Crippen LogP contribution in [0.25, 0.3) is 0 Å². The molecule has 2 aliphatic rings. The minimum atomic E-state index is -1.60. The largest absolute Gasteiger partial charge is 0.309 e. The molecule has 5 heteroatoms.